The molecule has 0 saturated carbocycles. The topological polar surface area (TPSA) is 106 Å². The monoisotopic (exact) mass is 537 g/mol. The molecule has 2 aromatic heterocycles. The Hall–Kier alpha value is -4.82. The summed E-state index contributed by atoms with van der Waals surface area (Å²) in [6.07, 6.45) is 3.44. The minimum Gasteiger partial charge on any atom is -0.462 e. The summed E-state index contributed by atoms with van der Waals surface area (Å²) >= 11 is 6.08. The number of carbonyl (C=O) groups is 2. The van der Waals surface area contributed by atoms with Gasteiger partial charge in [0.15, 0.2) is 0 Å². The van der Waals surface area contributed by atoms with Gasteiger partial charge >= 0.3 is 5.97 Å². The first-order chi connectivity index (χ1) is 18.9. The molecule has 39 heavy (non-hydrogen) atoms. The lowest BCUT2D eigenvalue weighted by Crippen LogP contribution is -2.13. The van der Waals surface area contributed by atoms with Crippen molar-refractivity contribution in [2.24, 2.45) is 0 Å². The minimum absolute atomic E-state index is 0.289. The number of esters is 1. The lowest BCUT2D eigenvalue weighted by atomic mass is 10.0. The van der Waals surface area contributed by atoms with Gasteiger partial charge in [0.1, 0.15) is 5.15 Å². The van der Waals surface area contributed by atoms with Crippen molar-refractivity contribution in [3.05, 3.63) is 107 Å². The summed E-state index contributed by atoms with van der Waals surface area (Å²) in [5.74, 6) is -0.299. The highest BCUT2D eigenvalue weighted by molar-refractivity contribution is 6.29. The second kappa shape index (κ2) is 11.3. The van der Waals surface area contributed by atoms with Crippen LogP contribution >= 0.6 is 11.6 Å². The van der Waals surface area contributed by atoms with Crippen molar-refractivity contribution in [2.45, 2.75) is 13.8 Å². The molecule has 1 amide bonds. The van der Waals surface area contributed by atoms with Crippen LogP contribution in [0, 0.1) is 6.92 Å². The maximum atomic E-state index is 12.9. The summed E-state index contributed by atoms with van der Waals surface area (Å²) in [6.45, 7) is 3.94. The number of nitrogens with one attached hydrogen (secondary N) is 2. The van der Waals surface area contributed by atoms with Crippen LogP contribution in [-0.4, -0.2) is 33.4 Å². The van der Waals surface area contributed by atoms with Gasteiger partial charge in [-0.25, -0.2) is 19.7 Å². The Bertz CT molecular complexity index is 1690. The Balaban J connectivity index is 1.34. The van der Waals surface area contributed by atoms with E-state index in [1.165, 1.54) is 0 Å². The van der Waals surface area contributed by atoms with Gasteiger partial charge in [-0.1, -0.05) is 29.8 Å². The van der Waals surface area contributed by atoms with Gasteiger partial charge in [0, 0.05) is 34.7 Å². The first kappa shape index (κ1) is 25.8. The molecule has 194 valence electrons. The average molecular weight is 538 g/mol. The number of fused-ring (bicyclic) bond motifs is 1. The van der Waals surface area contributed by atoms with Crippen LogP contribution in [0.1, 0.15) is 33.2 Å². The van der Waals surface area contributed by atoms with Gasteiger partial charge in [0.05, 0.1) is 17.7 Å². The Morgan fingerprint density at radius 3 is 2.51 bits per heavy atom. The first-order valence-corrected chi connectivity index (χ1v) is 12.6. The van der Waals surface area contributed by atoms with Crippen molar-refractivity contribution < 1.29 is 14.3 Å². The molecule has 0 aliphatic rings. The second-order valence-electron chi connectivity index (χ2n) is 8.71. The standard InChI is InChI=1S/C30H24ClN5O3/c1-3-39-29(38)20-10-8-19(9-11-20)28(37)35-26-16-22(12-7-18(26)2)34-30-33-17-24-23(5-4-6-25(24)36-30)21-13-14-32-27(31)15-21/h4-17H,3H2,1-2H3,(H,35,37)(H,33,34,36). The second-order valence-corrected chi connectivity index (χ2v) is 9.09. The molecule has 2 heterocycles. The highest BCUT2D eigenvalue weighted by Crippen LogP contribution is 2.30. The number of aryl methyl sites for hydroxylation is 1. The largest absolute Gasteiger partial charge is 0.462 e. The van der Waals surface area contributed by atoms with Crippen LogP contribution in [0.4, 0.5) is 17.3 Å². The van der Waals surface area contributed by atoms with Crippen LogP contribution in [0.3, 0.4) is 0 Å². The fourth-order valence-electron chi connectivity index (χ4n) is 4.07. The summed E-state index contributed by atoms with van der Waals surface area (Å²) in [6, 6.07) is 21.5. The van der Waals surface area contributed by atoms with Crippen LogP contribution in [0.25, 0.3) is 22.0 Å². The molecule has 0 bridgehead atoms. The van der Waals surface area contributed by atoms with Crippen LogP contribution in [-0.2, 0) is 4.74 Å². The zero-order valence-electron chi connectivity index (χ0n) is 21.2. The van der Waals surface area contributed by atoms with Crippen molar-refractivity contribution in [1.82, 2.24) is 15.0 Å². The quantitative estimate of drug-likeness (QED) is 0.173. The van der Waals surface area contributed by atoms with E-state index in [0.29, 0.717) is 33.6 Å². The number of nitrogens with zero attached hydrogens (tertiary/aromatic N) is 3. The van der Waals surface area contributed by atoms with Gasteiger partial charge in [-0.05, 0) is 85.1 Å². The number of hydrogen-bond acceptors (Lipinski definition) is 7. The summed E-state index contributed by atoms with van der Waals surface area (Å²) < 4.78 is 4.99. The smallest absolute Gasteiger partial charge is 0.338 e. The molecule has 5 rings (SSSR count). The van der Waals surface area contributed by atoms with E-state index < -0.39 is 5.97 Å². The molecule has 0 radical (unpaired) electrons. The Morgan fingerprint density at radius 2 is 1.74 bits per heavy atom. The molecule has 0 spiro atoms. The molecule has 0 saturated heterocycles. The van der Waals surface area contributed by atoms with Crippen molar-refractivity contribution in [2.75, 3.05) is 17.2 Å². The zero-order chi connectivity index (χ0) is 27.4. The van der Waals surface area contributed by atoms with E-state index in [4.69, 9.17) is 16.3 Å². The van der Waals surface area contributed by atoms with E-state index >= 15 is 0 Å². The van der Waals surface area contributed by atoms with Gasteiger partial charge in [0.25, 0.3) is 5.91 Å². The van der Waals surface area contributed by atoms with Crippen LogP contribution in [0.2, 0.25) is 5.15 Å². The molecule has 0 aliphatic heterocycles. The number of aromatic nitrogens is 3. The molecular formula is C30H24ClN5O3. The molecule has 2 N–H and O–H groups in total. The number of pyridine rings is 1. The van der Waals surface area contributed by atoms with E-state index in [-0.39, 0.29) is 12.5 Å². The van der Waals surface area contributed by atoms with Crippen molar-refractivity contribution in [3.8, 4) is 11.1 Å². The van der Waals surface area contributed by atoms with E-state index in [0.717, 1.165) is 27.6 Å². The molecular weight excluding hydrogens is 514 g/mol. The van der Waals surface area contributed by atoms with Crippen LogP contribution < -0.4 is 10.6 Å². The van der Waals surface area contributed by atoms with Gasteiger partial charge in [-0.15, -0.1) is 0 Å². The van der Waals surface area contributed by atoms with Gasteiger partial charge in [-0.2, -0.15) is 0 Å². The maximum Gasteiger partial charge on any atom is 0.338 e. The normalized spacial score (nSPS) is 10.7. The Kier molecular flexibility index (Phi) is 7.47. The molecule has 0 aliphatic carbocycles. The van der Waals surface area contributed by atoms with E-state index in [1.54, 1.807) is 49.6 Å². The summed E-state index contributed by atoms with van der Waals surface area (Å²) in [5.41, 5.74) is 5.70. The molecule has 5 aromatic rings. The van der Waals surface area contributed by atoms with E-state index in [9.17, 15) is 9.59 Å². The molecule has 0 fully saturated rings. The Morgan fingerprint density at radius 1 is 0.949 bits per heavy atom. The number of rotatable bonds is 7. The fourth-order valence-corrected chi connectivity index (χ4v) is 4.24. The third-order valence-corrected chi connectivity index (χ3v) is 6.27. The zero-order valence-corrected chi connectivity index (χ0v) is 22.0. The number of halogens is 1. The summed E-state index contributed by atoms with van der Waals surface area (Å²) in [4.78, 5) is 38.0. The highest BCUT2D eigenvalue weighted by atomic mass is 35.5. The lowest BCUT2D eigenvalue weighted by Gasteiger charge is -2.13. The van der Waals surface area contributed by atoms with Crippen LogP contribution in [0.5, 0.6) is 0 Å². The highest BCUT2D eigenvalue weighted by Gasteiger charge is 2.12. The van der Waals surface area contributed by atoms with Crippen LogP contribution in [0.15, 0.2) is 85.2 Å². The average Bonchev–Trinajstić information content (AvgIpc) is 2.94. The molecule has 0 unspecified atom stereocenters. The fraction of sp³-hybridized carbons (Fsp3) is 0.100. The predicted octanol–water partition coefficient (Wildman–Crippen LogP) is 6.83. The number of carbonyl (C=O) groups excluding carboxylic acids is 2. The molecule has 9 heteroatoms. The Labute approximate surface area is 230 Å². The summed E-state index contributed by atoms with van der Waals surface area (Å²) in [5, 5.41) is 7.46. The maximum absolute atomic E-state index is 12.9. The number of hydrogen-bond donors (Lipinski definition) is 2. The number of amides is 1. The van der Waals surface area contributed by atoms with Gasteiger partial charge < -0.3 is 15.4 Å². The number of ether oxygens (including phenoxy) is 1. The molecule has 3 aromatic carbocycles. The van der Waals surface area contributed by atoms with Crippen molar-refractivity contribution in [1.29, 1.82) is 0 Å². The third kappa shape index (κ3) is 5.86. The summed E-state index contributed by atoms with van der Waals surface area (Å²) in [7, 11) is 0. The van der Waals surface area contributed by atoms with Gasteiger partial charge in [-0.3, -0.25) is 4.79 Å². The van der Waals surface area contributed by atoms with Crippen molar-refractivity contribution in [3.63, 3.8) is 0 Å². The number of anilines is 3. The SMILES string of the molecule is CCOC(=O)c1ccc(C(=O)Nc2cc(Nc3ncc4c(-c5ccnc(Cl)c5)cccc4n3)ccc2C)cc1. The van der Waals surface area contributed by atoms with Gasteiger partial charge in [0.2, 0.25) is 5.95 Å². The molecule has 8 nitrogen and oxygen atoms in total. The first-order valence-electron chi connectivity index (χ1n) is 12.2. The molecule has 0 atom stereocenters. The van der Waals surface area contributed by atoms with E-state index in [1.807, 2.05) is 49.4 Å². The third-order valence-electron chi connectivity index (χ3n) is 6.06. The minimum atomic E-state index is -0.423. The van der Waals surface area contributed by atoms with E-state index in [2.05, 4.69) is 25.6 Å². The lowest BCUT2D eigenvalue weighted by molar-refractivity contribution is 0.0526. The number of benzene rings is 3. The predicted molar refractivity (Wildman–Crippen MR) is 153 cm³/mol. The van der Waals surface area contributed by atoms with Crippen molar-refractivity contribution >= 4 is 51.7 Å².